The molecule has 1 aliphatic heterocycles. The molecule has 0 bridgehead atoms. The summed E-state index contributed by atoms with van der Waals surface area (Å²) in [6.07, 6.45) is 8.55. The van der Waals surface area contributed by atoms with E-state index in [1.54, 1.807) is 0 Å². The first-order valence-electron chi connectivity index (χ1n) is 13.3. The lowest BCUT2D eigenvalue weighted by molar-refractivity contribution is -0.00690. The molecule has 6 rings (SSSR count). The van der Waals surface area contributed by atoms with E-state index in [2.05, 4.69) is 39.4 Å². The number of hydrogen-bond acceptors (Lipinski definition) is 7. The Morgan fingerprint density at radius 3 is 2.57 bits per heavy atom. The second-order valence-electron chi connectivity index (χ2n) is 10.7. The van der Waals surface area contributed by atoms with Crippen LogP contribution in [0, 0.1) is 12.3 Å². The average Bonchev–Trinajstić information content (AvgIpc) is 3.40. The average molecular weight is 503 g/mol. The quantitative estimate of drug-likeness (QED) is 0.351. The number of ether oxygens (including phenoxy) is 2. The lowest BCUT2D eigenvalue weighted by Gasteiger charge is -2.37. The topological polar surface area (TPSA) is 113 Å². The number of aliphatic hydroxyl groups excluding tert-OH is 2. The molecule has 8 heteroatoms. The SMILES string of the molecule is Cc1cc(-c2c(C3CCOCC3)nc(OC3CCC(CO)(CO)CC3)c3cc4[nH]ncc4cc23)ccn1. The predicted octanol–water partition coefficient (Wildman–Crippen LogP) is 4.67. The van der Waals surface area contributed by atoms with Gasteiger partial charge in [0, 0.05) is 52.8 Å². The first-order chi connectivity index (χ1) is 18.1. The van der Waals surface area contributed by atoms with Crippen LogP contribution in [0.4, 0.5) is 0 Å². The predicted molar refractivity (Wildman–Crippen MR) is 142 cm³/mol. The van der Waals surface area contributed by atoms with Crippen molar-refractivity contribution in [3.8, 4) is 17.0 Å². The largest absolute Gasteiger partial charge is 0.474 e. The van der Waals surface area contributed by atoms with E-state index < -0.39 is 5.41 Å². The van der Waals surface area contributed by atoms with E-state index in [9.17, 15) is 10.2 Å². The van der Waals surface area contributed by atoms with Crippen molar-refractivity contribution in [2.24, 2.45) is 5.41 Å². The Labute approximate surface area is 216 Å². The summed E-state index contributed by atoms with van der Waals surface area (Å²) in [6.45, 7) is 3.47. The van der Waals surface area contributed by atoms with Gasteiger partial charge in [-0.15, -0.1) is 0 Å². The maximum Gasteiger partial charge on any atom is 0.221 e. The molecule has 1 aromatic carbocycles. The standard InChI is InChI=1S/C29H34N4O4/c1-18-12-20(4-9-30-18)26-23-13-21-15-31-33-25(21)14-24(23)28(32-27(26)19-5-10-36-11-6-19)37-22-2-7-29(16-34,17-35)8-3-22/h4,9,12-15,19,22,34-35H,2-3,5-8,10-11,16-17H2,1H3,(H,31,33). The van der Waals surface area contributed by atoms with E-state index in [1.165, 1.54) is 0 Å². The van der Waals surface area contributed by atoms with Gasteiger partial charge in [0.2, 0.25) is 5.88 Å². The van der Waals surface area contributed by atoms with Crippen molar-refractivity contribution >= 4 is 21.7 Å². The monoisotopic (exact) mass is 502 g/mol. The van der Waals surface area contributed by atoms with Crippen molar-refractivity contribution in [2.45, 2.75) is 57.5 Å². The molecule has 3 aromatic heterocycles. The summed E-state index contributed by atoms with van der Waals surface area (Å²) in [4.78, 5) is 9.70. The van der Waals surface area contributed by atoms with Crippen LogP contribution in [0.2, 0.25) is 0 Å². The number of aliphatic hydroxyl groups is 2. The molecule has 4 heterocycles. The number of benzene rings is 1. The highest BCUT2D eigenvalue weighted by Crippen LogP contribution is 2.44. The van der Waals surface area contributed by atoms with Crippen molar-refractivity contribution in [1.29, 1.82) is 0 Å². The minimum absolute atomic E-state index is 0.00313. The molecule has 0 atom stereocenters. The Balaban J connectivity index is 1.51. The number of pyridine rings is 2. The normalized spacial score (nSPS) is 19.0. The maximum absolute atomic E-state index is 9.84. The van der Waals surface area contributed by atoms with Crippen LogP contribution in [0.3, 0.4) is 0 Å². The van der Waals surface area contributed by atoms with Gasteiger partial charge in [0.05, 0.1) is 30.6 Å². The summed E-state index contributed by atoms with van der Waals surface area (Å²) in [6, 6.07) is 8.49. The minimum Gasteiger partial charge on any atom is -0.474 e. The first-order valence-corrected chi connectivity index (χ1v) is 13.3. The number of aromatic nitrogens is 4. The number of aryl methyl sites for hydroxylation is 1. The second kappa shape index (κ2) is 10.0. The van der Waals surface area contributed by atoms with Gasteiger partial charge >= 0.3 is 0 Å². The Morgan fingerprint density at radius 1 is 1.05 bits per heavy atom. The van der Waals surface area contributed by atoms with Gasteiger partial charge in [0.15, 0.2) is 0 Å². The fourth-order valence-corrected chi connectivity index (χ4v) is 5.95. The first kappa shape index (κ1) is 24.3. The molecule has 8 nitrogen and oxygen atoms in total. The van der Waals surface area contributed by atoms with Crippen molar-refractivity contribution < 1.29 is 19.7 Å². The fourth-order valence-electron chi connectivity index (χ4n) is 5.95. The Bertz CT molecular complexity index is 1400. The van der Waals surface area contributed by atoms with Crippen molar-refractivity contribution in [2.75, 3.05) is 26.4 Å². The summed E-state index contributed by atoms with van der Waals surface area (Å²) in [5.74, 6) is 0.916. The fraction of sp³-hybridized carbons (Fsp3) is 0.483. The van der Waals surface area contributed by atoms with Crippen molar-refractivity contribution in [3.05, 3.63) is 48.0 Å². The molecule has 37 heavy (non-hydrogen) atoms. The van der Waals surface area contributed by atoms with Crippen LogP contribution >= 0.6 is 0 Å². The Morgan fingerprint density at radius 2 is 1.84 bits per heavy atom. The van der Waals surface area contributed by atoms with Gasteiger partial charge in [-0.3, -0.25) is 10.1 Å². The van der Waals surface area contributed by atoms with Crippen LogP contribution in [-0.4, -0.2) is 62.9 Å². The van der Waals surface area contributed by atoms with Crippen LogP contribution in [-0.2, 0) is 4.74 Å². The van der Waals surface area contributed by atoms with Gasteiger partial charge < -0.3 is 19.7 Å². The smallest absolute Gasteiger partial charge is 0.221 e. The number of nitrogens with zero attached hydrogens (tertiary/aromatic N) is 3. The van der Waals surface area contributed by atoms with Gasteiger partial charge in [-0.1, -0.05) is 0 Å². The Hall–Kier alpha value is -3.07. The lowest BCUT2D eigenvalue weighted by Crippen LogP contribution is -2.37. The molecule has 4 aromatic rings. The van der Waals surface area contributed by atoms with Crippen LogP contribution in [0.1, 0.15) is 55.8 Å². The van der Waals surface area contributed by atoms with Crippen LogP contribution in [0.25, 0.3) is 32.8 Å². The number of H-pyrrole nitrogens is 1. The zero-order valence-corrected chi connectivity index (χ0v) is 21.2. The van der Waals surface area contributed by atoms with Gasteiger partial charge in [-0.2, -0.15) is 5.10 Å². The molecule has 1 saturated carbocycles. The van der Waals surface area contributed by atoms with Gasteiger partial charge in [-0.25, -0.2) is 4.98 Å². The third kappa shape index (κ3) is 4.58. The molecule has 0 radical (unpaired) electrons. The minimum atomic E-state index is -0.409. The van der Waals surface area contributed by atoms with Gasteiger partial charge in [-0.05, 0) is 80.7 Å². The summed E-state index contributed by atoms with van der Waals surface area (Å²) in [7, 11) is 0. The second-order valence-corrected chi connectivity index (χ2v) is 10.7. The number of fused-ring (bicyclic) bond motifs is 2. The van der Waals surface area contributed by atoms with Gasteiger partial charge in [0.25, 0.3) is 0 Å². The van der Waals surface area contributed by atoms with E-state index >= 15 is 0 Å². The van der Waals surface area contributed by atoms with E-state index in [4.69, 9.17) is 14.5 Å². The van der Waals surface area contributed by atoms with Crippen LogP contribution in [0.5, 0.6) is 5.88 Å². The zero-order valence-electron chi connectivity index (χ0n) is 21.2. The van der Waals surface area contributed by atoms with Crippen molar-refractivity contribution in [1.82, 2.24) is 20.2 Å². The molecule has 0 amide bonds. The van der Waals surface area contributed by atoms with E-state index in [0.29, 0.717) is 5.88 Å². The zero-order chi connectivity index (χ0) is 25.4. The molecule has 0 spiro atoms. The lowest BCUT2D eigenvalue weighted by atomic mass is 9.74. The molecule has 0 unspecified atom stereocenters. The third-order valence-corrected chi connectivity index (χ3v) is 8.29. The maximum atomic E-state index is 9.84. The number of aromatic amines is 1. The highest BCUT2D eigenvalue weighted by Gasteiger charge is 2.36. The van der Waals surface area contributed by atoms with Crippen molar-refractivity contribution in [3.63, 3.8) is 0 Å². The van der Waals surface area contributed by atoms with Crippen LogP contribution in [0.15, 0.2) is 36.7 Å². The van der Waals surface area contributed by atoms with E-state index in [-0.39, 0.29) is 25.2 Å². The number of nitrogens with one attached hydrogen (secondary N) is 1. The molecule has 2 aliphatic rings. The summed E-state index contributed by atoms with van der Waals surface area (Å²) < 4.78 is 12.4. The van der Waals surface area contributed by atoms with E-state index in [0.717, 1.165) is 95.9 Å². The Kier molecular flexibility index (Phi) is 6.56. The molecule has 2 fully saturated rings. The summed E-state index contributed by atoms with van der Waals surface area (Å²) >= 11 is 0. The number of rotatable bonds is 6. The van der Waals surface area contributed by atoms with E-state index in [1.807, 2.05) is 19.3 Å². The number of hydrogen-bond donors (Lipinski definition) is 3. The molecule has 1 saturated heterocycles. The van der Waals surface area contributed by atoms with Crippen LogP contribution < -0.4 is 4.74 Å². The molecule has 3 N–H and O–H groups in total. The molecular formula is C29H34N4O4. The summed E-state index contributed by atoms with van der Waals surface area (Å²) in [5.41, 5.74) is 4.79. The highest BCUT2D eigenvalue weighted by atomic mass is 16.5. The summed E-state index contributed by atoms with van der Waals surface area (Å²) in [5, 5.41) is 30.2. The third-order valence-electron chi connectivity index (χ3n) is 8.29. The molecule has 1 aliphatic carbocycles. The highest BCUT2D eigenvalue weighted by molar-refractivity contribution is 6.06. The molecule has 194 valence electrons. The molecular weight excluding hydrogens is 468 g/mol. The van der Waals surface area contributed by atoms with Gasteiger partial charge in [0.1, 0.15) is 6.10 Å².